The Morgan fingerprint density at radius 3 is 2.76 bits per heavy atom. The molecule has 172 valence electrons. The summed E-state index contributed by atoms with van der Waals surface area (Å²) in [5.41, 5.74) is 1.97. The Morgan fingerprint density at radius 2 is 2.06 bits per heavy atom. The van der Waals surface area contributed by atoms with E-state index in [1.54, 1.807) is 27.9 Å². The number of pyridine rings is 1. The first-order valence-electron chi connectivity index (χ1n) is 10.5. The molecule has 0 radical (unpaired) electrons. The molecule has 33 heavy (non-hydrogen) atoms. The molecule has 0 unspecified atom stereocenters. The Kier molecular flexibility index (Phi) is 6.28. The number of imidazole rings is 1. The molecule has 2 N–H and O–H groups in total. The lowest BCUT2D eigenvalue weighted by Crippen LogP contribution is -2.34. The third kappa shape index (κ3) is 5.46. The fourth-order valence-electron chi connectivity index (χ4n) is 3.24. The Labute approximate surface area is 195 Å². The standard InChI is InChI=1S/C23H26FN7OS/c1-23(2,3)28-20-19(16-8-5-9-17(24)11-16)27-21-31(20)29-22(33-21)30(4)14-18(32)26-13-15-7-6-10-25-12-15/h5-12,28H,13-14H2,1-4H3,(H,26,32). The van der Waals surface area contributed by atoms with Gasteiger partial charge in [-0.05, 0) is 44.5 Å². The van der Waals surface area contributed by atoms with Crippen LogP contribution in [0.5, 0.6) is 0 Å². The third-order valence-corrected chi connectivity index (χ3v) is 5.73. The Bertz CT molecular complexity index is 1260. The fourth-order valence-corrected chi connectivity index (χ4v) is 4.10. The molecule has 0 spiro atoms. The van der Waals surface area contributed by atoms with Crippen LogP contribution in [0.25, 0.3) is 16.2 Å². The number of amides is 1. The summed E-state index contributed by atoms with van der Waals surface area (Å²) in [6.45, 7) is 6.67. The van der Waals surface area contributed by atoms with Gasteiger partial charge in [-0.3, -0.25) is 9.78 Å². The fraction of sp³-hybridized carbons (Fsp3) is 0.304. The number of rotatable bonds is 7. The monoisotopic (exact) mass is 467 g/mol. The molecule has 0 atom stereocenters. The van der Waals surface area contributed by atoms with E-state index in [4.69, 9.17) is 4.98 Å². The lowest BCUT2D eigenvalue weighted by Gasteiger charge is -2.22. The van der Waals surface area contributed by atoms with Crippen molar-refractivity contribution in [3.05, 3.63) is 60.2 Å². The van der Waals surface area contributed by atoms with E-state index in [1.807, 2.05) is 46.0 Å². The van der Waals surface area contributed by atoms with E-state index in [1.165, 1.54) is 23.5 Å². The van der Waals surface area contributed by atoms with Crippen molar-refractivity contribution in [2.75, 3.05) is 23.8 Å². The molecule has 0 saturated heterocycles. The second-order valence-electron chi connectivity index (χ2n) is 8.77. The van der Waals surface area contributed by atoms with Gasteiger partial charge in [0.15, 0.2) is 5.82 Å². The Hall–Kier alpha value is -3.53. The van der Waals surface area contributed by atoms with Gasteiger partial charge in [0.2, 0.25) is 16.0 Å². The Morgan fingerprint density at radius 1 is 1.24 bits per heavy atom. The smallest absolute Gasteiger partial charge is 0.239 e. The van der Waals surface area contributed by atoms with Crippen molar-refractivity contribution >= 4 is 33.2 Å². The van der Waals surface area contributed by atoms with Crippen LogP contribution in [0.3, 0.4) is 0 Å². The molecule has 0 aliphatic rings. The zero-order valence-corrected chi connectivity index (χ0v) is 19.8. The van der Waals surface area contributed by atoms with Crippen LogP contribution in [-0.4, -0.2) is 44.6 Å². The molecule has 0 fully saturated rings. The number of likely N-dealkylation sites (N-methyl/N-ethyl adjacent to an activating group) is 1. The molecule has 0 bridgehead atoms. The number of nitrogens with one attached hydrogen (secondary N) is 2. The molecule has 1 aromatic carbocycles. The maximum atomic E-state index is 13.9. The van der Waals surface area contributed by atoms with Gasteiger partial charge >= 0.3 is 0 Å². The van der Waals surface area contributed by atoms with Gasteiger partial charge in [0.25, 0.3) is 0 Å². The molecule has 1 amide bonds. The van der Waals surface area contributed by atoms with E-state index >= 15 is 0 Å². The lowest BCUT2D eigenvalue weighted by molar-refractivity contribution is -0.119. The highest BCUT2D eigenvalue weighted by atomic mass is 32.1. The summed E-state index contributed by atoms with van der Waals surface area (Å²) in [7, 11) is 1.81. The average molecular weight is 468 g/mol. The highest BCUT2D eigenvalue weighted by Crippen LogP contribution is 2.34. The van der Waals surface area contributed by atoms with Gasteiger partial charge in [-0.2, -0.15) is 4.52 Å². The normalized spacial score (nSPS) is 11.5. The first kappa shape index (κ1) is 22.7. The zero-order chi connectivity index (χ0) is 23.6. The summed E-state index contributed by atoms with van der Waals surface area (Å²) < 4.78 is 15.6. The number of benzene rings is 1. The van der Waals surface area contributed by atoms with Gasteiger partial charge in [-0.1, -0.05) is 29.5 Å². The molecular weight excluding hydrogens is 441 g/mol. The van der Waals surface area contributed by atoms with E-state index < -0.39 is 0 Å². The quantitative estimate of drug-likeness (QED) is 0.428. The number of halogens is 1. The summed E-state index contributed by atoms with van der Waals surface area (Å²) >= 11 is 1.36. The van der Waals surface area contributed by atoms with Gasteiger partial charge in [-0.15, -0.1) is 5.10 Å². The van der Waals surface area contributed by atoms with Crippen LogP contribution < -0.4 is 15.5 Å². The highest BCUT2D eigenvalue weighted by Gasteiger charge is 2.23. The molecule has 3 heterocycles. The van der Waals surface area contributed by atoms with Crippen LogP contribution in [-0.2, 0) is 11.3 Å². The number of carbonyl (C=O) groups is 1. The summed E-state index contributed by atoms with van der Waals surface area (Å²) in [6, 6.07) is 10.1. The van der Waals surface area contributed by atoms with Gasteiger partial charge in [0.05, 0.1) is 6.54 Å². The third-order valence-electron chi connectivity index (χ3n) is 4.70. The summed E-state index contributed by atoms with van der Waals surface area (Å²) in [4.78, 5) is 23.6. The number of nitrogens with zero attached hydrogens (tertiary/aromatic N) is 5. The topological polar surface area (TPSA) is 87.5 Å². The maximum Gasteiger partial charge on any atom is 0.239 e. The molecule has 8 nitrogen and oxygen atoms in total. The second kappa shape index (κ2) is 9.14. The minimum Gasteiger partial charge on any atom is -0.364 e. The molecule has 10 heteroatoms. The number of anilines is 2. The molecule has 3 aromatic heterocycles. The zero-order valence-electron chi connectivity index (χ0n) is 19.0. The minimum absolute atomic E-state index is 0.123. The maximum absolute atomic E-state index is 13.9. The SMILES string of the molecule is CN(CC(=O)NCc1cccnc1)c1nn2c(NC(C)(C)C)c(-c3cccc(F)c3)nc2s1. The van der Waals surface area contributed by atoms with Gasteiger partial charge in [0.1, 0.15) is 11.5 Å². The largest absolute Gasteiger partial charge is 0.364 e. The van der Waals surface area contributed by atoms with E-state index in [0.717, 1.165) is 5.56 Å². The minimum atomic E-state index is -0.323. The van der Waals surface area contributed by atoms with Crippen LogP contribution in [0.15, 0.2) is 48.8 Å². The summed E-state index contributed by atoms with van der Waals surface area (Å²) in [5, 5.41) is 11.7. The predicted octanol–water partition coefficient (Wildman–Crippen LogP) is 3.95. The highest BCUT2D eigenvalue weighted by molar-refractivity contribution is 7.20. The van der Waals surface area contributed by atoms with Crippen molar-refractivity contribution in [1.29, 1.82) is 0 Å². The second-order valence-corrected chi connectivity index (χ2v) is 9.70. The van der Waals surface area contributed by atoms with Gasteiger partial charge in [0, 0.05) is 37.1 Å². The molecule has 0 saturated carbocycles. The molecule has 4 aromatic rings. The van der Waals surface area contributed by atoms with Crippen LogP contribution >= 0.6 is 11.3 Å². The number of carbonyl (C=O) groups excluding carboxylic acids is 1. The van der Waals surface area contributed by atoms with Crippen molar-refractivity contribution in [2.24, 2.45) is 0 Å². The van der Waals surface area contributed by atoms with Crippen molar-refractivity contribution in [2.45, 2.75) is 32.9 Å². The van der Waals surface area contributed by atoms with Crippen LogP contribution in [0.4, 0.5) is 15.3 Å². The summed E-state index contributed by atoms with van der Waals surface area (Å²) in [5.74, 6) is 0.235. The van der Waals surface area contributed by atoms with Crippen LogP contribution in [0.2, 0.25) is 0 Å². The van der Waals surface area contributed by atoms with E-state index in [-0.39, 0.29) is 23.8 Å². The average Bonchev–Trinajstić information content (AvgIpc) is 3.31. The van der Waals surface area contributed by atoms with E-state index in [2.05, 4.69) is 20.7 Å². The summed E-state index contributed by atoms with van der Waals surface area (Å²) in [6.07, 6.45) is 3.42. The van der Waals surface area contributed by atoms with Gasteiger partial charge in [-0.25, -0.2) is 9.37 Å². The Balaban J connectivity index is 1.56. The molecular formula is C23H26FN7OS. The molecule has 0 aliphatic carbocycles. The predicted molar refractivity (Wildman–Crippen MR) is 129 cm³/mol. The van der Waals surface area contributed by atoms with Crippen LogP contribution in [0.1, 0.15) is 26.3 Å². The van der Waals surface area contributed by atoms with Crippen molar-refractivity contribution in [3.8, 4) is 11.3 Å². The molecule has 4 rings (SSSR count). The first-order chi connectivity index (χ1) is 15.7. The number of fused-ring (bicyclic) bond motifs is 1. The van der Waals surface area contributed by atoms with Gasteiger partial charge < -0.3 is 15.5 Å². The van der Waals surface area contributed by atoms with Crippen molar-refractivity contribution < 1.29 is 9.18 Å². The molecule has 0 aliphatic heterocycles. The van der Waals surface area contributed by atoms with Crippen LogP contribution in [0, 0.1) is 5.82 Å². The number of aromatic nitrogens is 4. The number of hydrogen-bond acceptors (Lipinski definition) is 7. The van der Waals surface area contributed by atoms with Crippen molar-refractivity contribution in [3.63, 3.8) is 0 Å². The van der Waals surface area contributed by atoms with E-state index in [9.17, 15) is 9.18 Å². The first-order valence-corrected chi connectivity index (χ1v) is 11.3. The van der Waals surface area contributed by atoms with E-state index in [0.29, 0.717) is 33.7 Å². The lowest BCUT2D eigenvalue weighted by atomic mass is 10.1. The van der Waals surface area contributed by atoms with Crippen molar-refractivity contribution in [1.82, 2.24) is 24.9 Å². The number of hydrogen-bond donors (Lipinski definition) is 2.